The molecule has 0 fully saturated rings. The van der Waals surface area contributed by atoms with E-state index in [0.29, 0.717) is 18.8 Å². The van der Waals surface area contributed by atoms with Crippen LogP contribution < -0.4 is 15.5 Å². The van der Waals surface area contributed by atoms with Crippen molar-refractivity contribution in [2.24, 2.45) is 0 Å². The Morgan fingerprint density at radius 3 is 2.10 bits per heavy atom. The Bertz CT molecular complexity index is 455. The SMILES string of the molecule is CN(C)CCNC(=O)C(=O)Nc1ccc(N(C)C)cc1. The fraction of sp³-hybridized carbons (Fsp3) is 0.429. The summed E-state index contributed by atoms with van der Waals surface area (Å²) in [4.78, 5) is 27.1. The monoisotopic (exact) mass is 278 g/mol. The van der Waals surface area contributed by atoms with Crippen LogP contribution in [0.15, 0.2) is 24.3 Å². The zero-order valence-corrected chi connectivity index (χ0v) is 12.4. The Morgan fingerprint density at radius 1 is 1.00 bits per heavy atom. The molecule has 0 spiro atoms. The molecular formula is C14H22N4O2. The van der Waals surface area contributed by atoms with Gasteiger partial charge in [0.2, 0.25) is 0 Å². The van der Waals surface area contributed by atoms with Crippen molar-refractivity contribution in [3.63, 3.8) is 0 Å². The van der Waals surface area contributed by atoms with Crippen molar-refractivity contribution < 1.29 is 9.59 Å². The first kappa shape index (κ1) is 16.0. The highest BCUT2D eigenvalue weighted by Gasteiger charge is 2.12. The van der Waals surface area contributed by atoms with Crippen LogP contribution in [0, 0.1) is 0 Å². The van der Waals surface area contributed by atoms with Crippen LogP contribution in [0.1, 0.15) is 0 Å². The van der Waals surface area contributed by atoms with Gasteiger partial charge in [0.25, 0.3) is 0 Å². The number of hydrogen-bond acceptors (Lipinski definition) is 4. The molecule has 6 nitrogen and oxygen atoms in total. The first-order valence-electron chi connectivity index (χ1n) is 6.41. The molecule has 20 heavy (non-hydrogen) atoms. The Kier molecular flexibility index (Phi) is 5.99. The third kappa shape index (κ3) is 5.27. The first-order chi connectivity index (χ1) is 9.40. The van der Waals surface area contributed by atoms with Crippen molar-refractivity contribution in [2.45, 2.75) is 0 Å². The number of carbonyl (C=O) groups is 2. The highest BCUT2D eigenvalue weighted by atomic mass is 16.2. The predicted molar refractivity (Wildman–Crippen MR) is 81.0 cm³/mol. The number of amides is 2. The van der Waals surface area contributed by atoms with E-state index < -0.39 is 11.8 Å². The van der Waals surface area contributed by atoms with Gasteiger partial charge in [0, 0.05) is 38.6 Å². The number of nitrogens with one attached hydrogen (secondary N) is 2. The van der Waals surface area contributed by atoms with Gasteiger partial charge in [-0.05, 0) is 38.4 Å². The van der Waals surface area contributed by atoms with E-state index in [0.717, 1.165) is 5.69 Å². The molecule has 0 aromatic heterocycles. The molecule has 1 aromatic carbocycles. The zero-order chi connectivity index (χ0) is 15.1. The second-order valence-corrected chi connectivity index (χ2v) is 4.95. The zero-order valence-electron chi connectivity index (χ0n) is 12.4. The molecule has 0 unspecified atom stereocenters. The molecule has 2 amide bonds. The summed E-state index contributed by atoms with van der Waals surface area (Å²) in [5.41, 5.74) is 1.63. The van der Waals surface area contributed by atoms with Gasteiger partial charge in [-0.15, -0.1) is 0 Å². The van der Waals surface area contributed by atoms with Crippen LogP contribution in [0.4, 0.5) is 11.4 Å². The molecule has 0 aliphatic rings. The lowest BCUT2D eigenvalue weighted by molar-refractivity contribution is -0.136. The van der Waals surface area contributed by atoms with E-state index in [-0.39, 0.29) is 0 Å². The highest BCUT2D eigenvalue weighted by Crippen LogP contribution is 2.15. The van der Waals surface area contributed by atoms with Crippen LogP contribution >= 0.6 is 0 Å². The second-order valence-electron chi connectivity index (χ2n) is 4.95. The van der Waals surface area contributed by atoms with E-state index in [2.05, 4.69) is 10.6 Å². The van der Waals surface area contributed by atoms with Crippen molar-refractivity contribution >= 4 is 23.2 Å². The summed E-state index contributed by atoms with van der Waals surface area (Å²) in [5, 5.41) is 5.13. The molecule has 0 saturated heterocycles. The second kappa shape index (κ2) is 7.49. The Hall–Kier alpha value is -2.08. The van der Waals surface area contributed by atoms with Gasteiger partial charge in [-0.25, -0.2) is 0 Å². The van der Waals surface area contributed by atoms with Gasteiger partial charge in [-0.2, -0.15) is 0 Å². The lowest BCUT2D eigenvalue weighted by Gasteiger charge is -2.13. The third-order valence-corrected chi connectivity index (χ3v) is 2.69. The molecular weight excluding hydrogens is 256 g/mol. The van der Waals surface area contributed by atoms with E-state index >= 15 is 0 Å². The number of anilines is 2. The van der Waals surface area contributed by atoms with Gasteiger partial charge in [0.05, 0.1) is 0 Å². The van der Waals surface area contributed by atoms with Crippen LogP contribution in [0.25, 0.3) is 0 Å². The number of rotatable bonds is 5. The van der Waals surface area contributed by atoms with Gasteiger partial charge in [-0.3, -0.25) is 9.59 Å². The van der Waals surface area contributed by atoms with E-state index in [1.807, 2.05) is 50.1 Å². The standard InChI is InChI=1S/C14H22N4O2/c1-17(2)10-9-15-13(19)14(20)16-11-5-7-12(8-6-11)18(3)4/h5-8H,9-10H2,1-4H3,(H,15,19)(H,16,20). The molecule has 0 aliphatic carbocycles. The van der Waals surface area contributed by atoms with Gasteiger partial charge >= 0.3 is 11.8 Å². The minimum absolute atomic E-state index is 0.443. The minimum Gasteiger partial charge on any atom is -0.378 e. The van der Waals surface area contributed by atoms with Crippen molar-refractivity contribution in [1.82, 2.24) is 10.2 Å². The number of benzene rings is 1. The minimum atomic E-state index is -0.652. The van der Waals surface area contributed by atoms with Crippen molar-refractivity contribution in [1.29, 1.82) is 0 Å². The predicted octanol–water partition coefficient (Wildman–Crippen LogP) is 0.369. The van der Waals surface area contributed by atoms with Gasteiger partial charge in [0.1, 0.15) is 0 Å². The molecule has 0 saturated carbocycles. The molecule has 1 rings (SSSR count). The number of likely N-dealkylation sites (N-methyl/N-ethyl adjacent to an activating group) is 1. The number of nitrogens with zero attached hydrogens (tertiary/aromatic N) is 2. The summed E-state index contributed by atoms with van der Waals surface area (Å²) < 4.78 is 0. The molecule has 6 heteroatoms. The maximum atomic E-state index is 11.7. The van der Waals surface area contributed by atoms with Crippen LogP contribution in [-0.4, -0.2) is 58.0 Å². The van der Waals surface area contributed by atoms with E-state index in [1.54, 1.807) is 12.1 Å². The number of carbonyl (C=O) groups excluding carboxylic acids is 2. The summed E-state index contributed by atoms with van der Waals surface area (Å²) >= 11 is 0. The molecule has 1 aromatic rings. The van der Waals surface area contributed by atoms with Crippen LogP contribution in [-0.2, 0) is 9.59 Å². The lowest BCUT2D eigenvalue weighted by Crippen LogP contribution is -2.38. The molecule has 0 radical (unpaired) electrons. The average Bonchev–Trinajstić information content (AvgIpc) is 2.38. The van der Waals surface area contributed by atoms with Gasteiger partial charge in [-0.1, -0.05) is 0 Å². The highest BCUT2D eigenvalue weighted by molar-refractivity contribution is 6.39. The molecule has 110 valence electrons. The van der Waals surface area contributed by atoms with Crippen molar-refractivity contribution in [3.05, 3.63) is 24.3 Å². The Morgan fingerprint density at radius 2 is 1.60 bits per heavy atom. The molecule has 0 heterocycles. The number of hydrogen-bond donors (Lipinski definition) is 2. The smallest absolute Gasteiger partial charge is 0.313 e. The maximum Gasteiger partial charge on any atom is 0.313 e. The molecule has 0 atom stereocenters. The fourth-order valence-electron chi connectivity index (χ4n) is 1.50. The summed E-state index contributed by atoms with van der Waals surface area (Å²) in [7, 11) is 7.68. The Balaban J connectivity index is 2.47. The third-order valence-electron chi connectivity index (χ3n) is 2.69. The normalized spacial score (nSPS) is 10.2. The van der Waals surface area contributed by atoms with Crippen LogP contribution in [0.5, 0.6) is 0 Å². The maximum absolute atomic E-state index is 11.7. The molecule has 2 N–H and O–H groups in total. The molecule has 0 bridgehead atoms. The largest absolute Gasteiger partial charge is 0.378 e. The average molecular weight is 278 g/mol. The van der Waals surface area contributed by atoms with Crippen molar-refractivity contribution in [3.8, 4) is 0 Å². The summed E-state index contributed by atoms with van der Waals surface area (Å²) in [5.74, 6) is -1.27. The first-order valence-corrected chi connectivity index (χ1v) is 6.41. The van der Waals surface area contributed by atoms with Gasteiger partial charge < -0.3 is 20.4 Å². The lowest BCUT2D eigenvalue weighted by atomic mass is 10.2. The van der Waals surface area contributed by atoms with Gasteiger partial charge in [0.15, 0.2) is 0 Å². The van der Waals surface area contributed by atoms with Crippen molar-refractivity contribution in [2.75, 3.05) is 51.5 Å². The van der Waals surface area contributed by atoms with E-state index in [1.165, 1.54) is 0 Å². The molecule has 0 aliphatic heterocycles. The summed E-state index contributed by atoms with van der Waals surface area (Å²) in [6, 6.07) is 7.28. The topological polar surface area (TPSA) is 64.7 Å². The summed E-state index contributed by atoms with van der Waals surface area (Å²) in [6.45, 7) is 1.13. The van der Waals surface area contributed by atoms with E-state index in [4.69, 9.17) is 0 Å². The van der Waals surface area contributed by atoms with Crippen LogP contribution in [0.2, 0.25) is 0 Å². The summed E-state index contributed by atoms with van der Waals surface area (Å²) in [6.07, 6.45) is 0. The Labute approximate surface area is 119 Å². The fourth-order valence-corrected chi connectivity index (χ4v) is 1.50. The van der Waals surface area contributed by atoms with Crippen LogP contribution in [0.3, 0.4) is 0 Å². The quantitative estimate of drug-likeness (QED) is 0.764. The van der Waals surface area contributed by atoms with E-state index in [9.17, 15) is 9.59 Å².